The van der Waals surface area contributed by atoms with Crippen molar-refractivity contribution in [3.05, 3.63) is 29.8 Å². The summed E-state index contributed by atoms with van der Waals surface area (Å²) in [6.07, 6.45) is 3.00. The Bertz CT molecular complexity index is 733. The lowest BCUT2D eigenvalue weighted by molar-refractivity contribution is -0.139. The predicted octanol–water partition coefficient (Wildman–Crippen LogP) is 0.418. The molecule has 0 bridgehead atoms. The molecular weight excluding hydrogens is 330 g/mol. The molecule has 2 fully saturated rings. The molecule has 0 spiro atoms. The first-order chi connectivity index (χ1) is 11.4. The van der Waals surface area contributed by atoms with E-state index in [4.69, 9.17) is 5.73 Å². The highest BCUT2D eigenvalue weighted by molar-refractivity contribution is 7.89. The molecule has 1 aromatic rings. The van der Waals surface area contributed by atoms with Gasteiger partial charge in [0.25, 0.3) is 0 Å². The molecule has 8 heteroatoms. The molecule has 2 N–H and O–H groups in total. The van der Waals surface area contributed by atoms with Crippen LogP contribution in [-0.2, 0) is 14.8 Å². The van der Waals surface area contributed by atoms with Gasteiger partial charge in [-0.3, -0.25) is 9.59 Å². The third-order valence-corrected chi connectivity index (χ3v) is 6.69. The summed E-state index contributed by atoms with van der Waals surface area (Å²) < 4.78 is 26.7. The molecule has 2 aliphatic rings. The summed E-state index contributed by atoms with van der Waals surface area (Å²) in [7, 11) is -3.62. The van der Waals surface area contributed by atoms with Gasteiger partial charge in [0.1, 0.15) is 0 Å². The minimum absolute atomic E-state index is 0.131. The van der Waals surface area contributed by atoms with Crippen molar-refractivity contribution in [2.24, 2.45) is 11.7 Å². The second-order valence-electron chi connectivity index (χ2n) is 6.25. The van der Waals surface area contributed by atoms with Crippen molar-refractivity contribution in [2.75, 3.05) is 26.2 Å². The smallest absolute Gasteiger partial charge is 0.248 e. The summed E-state index contributed by atoms with van der Waals surface area (Å²) in [4.78, 5) is 25.2. The molecule has 3 rings (SSSR count). The van der Waals surface area contributed by atoms with E-state index in [1.165, 1.54) is 28.6 Å². The summed E-state index contributed by atoms with van der Waals surface area (Å²) in [5, 5.41) is 0. The van der Waals surface area contributed by atoms with Gasteiger partial charge in [-0.1, -0.05) is 6.42 Å². The fraction of sp³-hybridized carbons (Fsp3) is 0.500. The average Bonchev–Trinajstić information content (AvgIpc) is 2.53. The zero-order valence-corrected chi connectivity index (χ0v) is 14.2. The molecule has 1 saturated carbocycles. The molecule has 0 unspecified atom stereocenters. The lowest BCUT2D eigenvalue weighted by Crippen LogP contribution is -2.52. The molecular formula is C16H21N3O4S. The number of amides is 2. The minimum atomic E-state index is -3.62. The van der Waals surface area contributed by atoms with E-state index in [1.54, 1.807) is 4.90 Å². The zero-order chi connectivity index (χ0) is 17.3. The molecule has 1 aliphatic heterocycles. The third-order valence-electron chi connectivity index (χ3n) is 4.78. The van der Waals surface area contributed by atoms with E-state index in [0.717, 1.165) is 19.3 Å². The highest BCUT2D eigenvalue weighted by atomic mass is 32.2. The number of piperazine rings is 1. The molecule has 1 heterocycles. The van der Waals surface area contributed by atoms with Crippen LogP contribution < -0.4 is 5.73 Å². The predicted molar refractivity (Wildman–Crippen MR) is 87.6 cm³/mol. The van der Waals surface area contributed by atoms with Gasteiger partial charge in [0.05, 0.1) is 4.90 Å². The van der Waals surface area contributed by atoms with Gasteiger partial charge < -0.3 is 10.6 Å². The van der Waals surface area contributed by atoms with Crippen LogP contribution in [0.15, 0.2) is 29.2 Å². The summed E-state index contributed by atoms with van der Waals surface area (Å²) in [6, 6.07) is 5.60. The van der Waals surface area contributed by atoms with Crippen molar-refractivity contribution >= 4 is 21.8 Å². The number of nitrogens with zero attached hydrogens (tertiary/aromatic N) is 2. The van der Waals surface area contributed by atoms with Crippen molar-refractivity contribution in [3.8, 4) is 0 Å². The first kappa shape index (κ1) is 16.9. The highest BCUT2D eigenvalue weighted by Crippen LogP contribution is 2.29. The van der Waals surface area contributed by atoms with Crippen molar-refractivity contribution in [1.82, 2.24) is 9.21 Å². The quantitative estimate of drug-likeness (QED) is 0.849. The van der Waals surface area contributed by atoms with Gasteiger partial charge in [0.2, 0.25) is 21.8 Å². The number of carbonyl (C=O) groups is 2. The Labute approximate surface area is 141 Å². The van der Waals surface area contributed by atoms with E-state index < -0.39 is 15.9 Å². The van der Waals surface area contributed by atoms with Crippen LogP contribution >= 0.6 is 0 Å². The number of sulfonamides is 1. The second kappa shape index (κ2) is 6.52. The lowest BCUT2D eigenvalue weighted by Gasteiger charge is -2.37. The molecule has 1 aliphatic carbocycles. The van der Waals surface area contributed by atoms with E-state index in [2.05, 4.69) is 0 Å². The number of primary amides is 1. The number of hydrogen-bond acceptors (Lipinski definition) is 4. The third kappa shape index (κ3) is 3.16. The van der Waals surface area contributed by atoms with Crippen LogP contribution in [0.3, 0.4) is 0 Å². The van der Waals surface area contributed by atoms with Crippen molar-refractivity contribution in [3.63, 3.8) is 0 Å². The normalized spacial score (nSPS) is 19.8. The first-order valence-electron chi connectivity index (χ1n) is 8.08. The van der Waals surface area contributed by atoms with Gasteiger partial charge in [0, 0.05) is 37.7 Å². The van der Waals surface area contributed by atoms with Crippen LogP contribution in [0.25, 0.3) is 0 Å². The van der Waals surface area contributed by atoms with Crippen LogP contribution in [0.4, 0.5) is 0 Å². The number of rotatable bonds is 4. The van der Waals surface area contributed by atoms with Crippen LogP contribution in [0.5, 0.6) is 0 Å². The Morgan fingerprint density at radius 1 is 1.00 bits per heavy atom. The van der Waals surface area contributed by atoms with E-state index in [0.29, 0.717) is 26.2 Å². The van der Waals surface area contributed by atoms with Crippen LogP contribution in [-0.4, -0.2) is 55.6 Å². The molecule has 130 valence electrons. The molecule has 0 radical (unpaired) electrons. The number of hydrogen-bond donors (Lipinski definition) is 1. The van der Waals surface area contributed by atoms with E-state index in [1.807, 2.05) is 0 Å². The zero-order valence-electron chi connectivity index (χ0n) is 13.3. The SMILES string of the molecule is NC(=O)c1ccc(S(=O)(=O)N2CCN(C(=O)C3CCC3)CC2)cc1. The molecule has 24 heavy (non-hydrogen) atoms. The maximum atomic E-state index is 12.7. The van der Waals surface area contributed by atoms with E-state index in [9.17, 15) is 18.0 Å². The van der Waals surface area contributed by atoms with Gasteiger partial charge in [-0.05, 0) is 37.1 Å². The molecule has 1 aromatic carbocycles. The van der Waals surface area contributed by atoms with Gasteiger partial charge in [-0.25, -0.2) is 8.42 Å². The molecule has 7 nitrogen and oxygen atoms in total. The van der Waals surface area contributed by atoms with Crippen molar-refractivity contribution in [1.29, 1.82) is 0 Å². The standard InChI is InChI=1S/C16H21N3O4S/c17-15(20)12-4-6-14(7-5-12)24(22,23)19-10-8-18(9-11-19)16(21)13-2-1-3-13/h4-7,13H,1-3,8-11H2,(H2,17,20). The minimum Gasteiger partial charge on any atom is -0.366 e. The Morgan fingerprint density at radius 3 is 2.04 bits per heavy atom. The Kier molecular flexibility index (Phi) is 4.60. The van der Waals surface area contributed by atoms with Gasteiger partial charge in [0.15, 0.2) is 0 Å². The van der Waals surface area contributed by atoms with Crippen LogP contribution in [0.1, 0.15) is 29.6 Å². The summed E-state index contributed by atoms with van der Waals surface area (Å²) in [5.74, 6) is -0.305. The van der Waals surface area contributed by atoms with Crippen LogP contribution in [0.2, 0.25) is 0 Å². The van der Waals surface area contributed by atoms with Gasteiger partial charge >= 0.3 is 0 Å². The van der Waals surface area contributed by atoms with Crippen LogP contribution in [0, 0.1) is 5.92 Å². The average molecular weight is 351 g/mol. The second-order valence-corrected chi connectivity index (χ2v) is 8.18. The maximum absolute atomic E-state index is 12.7. The van der Waals surface area contributed by atoms with Gasteiger partial charge in [-0.2, -0.15) is 4.31 Å². The summed E-state index contributed by atoms with van der Waals surface area (Å²) in [5.41, 5.74) is 5.43. The fourth-order valence-corrected chi connectivity index (χ4v) is 4.42. The summed E-state index contributed by atoms with van der Waals surface area (Å²) in [6.45, 7) is 1.43. The topological polar surface area (TPSA) is 101 Å². The van der Waals surface area contributed by atoms with E-state index >= 15 is 0 Å². The van der Waals surface area contributed by atoms with Crippen molar-refractivity contribution in [2.45, 2.75) is 24.2 Å². The number of carbonyl (C=O) groups excluding carboxylic acids is 2. The largest absolute Gasteiger partial charge is 0.366 e. The van der Waals surface area contributed by atoms with Crippen molar-refractivity contribution < 1.29 is 18.0 Å². The maximum Gasteiger partial charge on any atom is 0.248 e. The number of benzene rings is 1. The highest BCUT2D eigenvalue weighted by Gasteiger charge is 2.34. The van der Waals surface area contributed by atoms with E-state index in [-0.39, 0.29) is 22.3 Å². The number of nitrogens with two attached hydrogens (primary N) is 1. The molecule has 2 amide bonds. The lowest BCUT2D eigenvalue weighted by atomic mass is 9.84. The molecule has 0 aromatic heterocycles. The Morgan fingerprint density at radius 2 is 1.58 bits per heavy atom. The van der Waals surface area contributed by atoms with Gasteiger partial charge in [-0.15, -0.1) is 0 Å². The molecule has 0 atom stereocenters. The Hall–Kier alpha value is -1.93. The fourth-order valence-electron chi connectivity index (χ4n) is 3.00. The molecule has 1 saturated heterocycles. The first-order valence-corrected chi connectivity index (χ1v) is 9.52. The Balaban J connectivity index is 1.66. The summed E-state index contributed by atoms with van der Waals surface area (Å²) >= 11 is 0. The monoisotopic (exact) mass is 351 g/mol.